The van der Waals surface area contributed by atoms with Gasteiger partial charge < -0.3 is 19.5 Å². The fourth-order valence-electron chi connectivity index (χ4n) is 4.10. The van der Waals surface area contributed by atoms with Gasteiger partial charge >= 0.3 is 18.1 Å². The molecule has 0 atom stereocenters. The lowest BCUT2D eigenvalue weighted by molar-refractivity contribution is -0.190. The van der Waals surface area contributed by atoms with Crippen molar-refractivity contribution in [3.05, 3.63) is 39.7 Å². The second-order valence-electron chi connectivity index (χ2n) is 8.45. The van der Waals surface area contributed by atoms with E-state index in [-0.39, 0.29) is 24.6 Å². The maximum Gasteiger partial charge on any atom is 0.471 e. The number of alkyl halides is 3. The molecule has 2 heterocycles. The average Bonchev–Trinajstić information content (AvgIpc) is 3.50. The van der Waals surface area contributed by atoms with Gasteiger partial charge in [0, 0.05) is 32.4 Å². The summed E-state index contributed by atoms with van der Waals surface area (Å²) in [5, 5.41) is 8.84. The number of likely N-dealkylation sites (N-methyl/N-ethyl adjacent to an activating group) is 1. The van der Waals surface area contributed by atoms with Crippen LogP contribution in [0.15, 0.2) is 17.1 Å². The molecule has 4 rings (SSSR count). The van der Waals surface area contributed by atoms with Crippen LogP contribution in [0, 0.1) is 11.6 Å². The topological polar surface area (TPSA) is 82.8 Å². The Labute approximate surface area is 177 Å². The monoisotopic (exact) mass is 459 g/mol. The van der Waals surface area contributed by atoms with E-state index >= 15 is 4.39 Å². The lowest BCUT2D eigenvalue weighted by atomic mass is 9.89. The number of carboxylic acids is 1. The van der Waals surface area contributed by atoms with Gasteiger partial charge in [0.25, 0.3) is 0 Å². The van der Waals surface area contributed by atoms with Gasteiger partial charge in [-0.25, -0.2) is 13.6 Å². The number of hydrogen-bond donors (Lipinski definition) is 1. The minimum absolute atomic E-state index is 0.249. The maximum absolute atomic E-state index is 15.5. The molecule has 32 heavy (non-hydrogen) atoms. The summed E-state index contributed by atoms with van der Waals surface area (Å²) in [5.41, 5.74) is -3.76. The fraction of sp³-hybridized carbons (Fsp3) is 0.450. The number of amides is 1. The number of rotatable bonds is 4. The van der Waals surface area contributed by atoms with Crippen LogP contribution in [-0.2, 0) is 4.79 Å². The Kier molecular flexibility index (Phi) is 4.76. The average molecular weight is 459 g/mol. The summed E-state index contributed by atoms with van der Waals surface area (Å²) in [7, 11) is 0.971. The first-order valence-corrected chi connectivity index (χ1v) is 9.66. The van der Waals surface area contributed by atoms with Crippen LogP contribution < -0.4 is 10.3 Å². The van der Waals surface area contributed by atoms with Crippen LogP contribution >= 0.6 is 0 Å². The molecule has 1 N–H and O–H groups in total. The lowest BCUT2D eigenvalue weighted by Crippen LogP contribution is -2.70. The molecule has 2 fully saturated rings. The molecule has 1 amide bonds. The molecule has 2 aliphatic rings. The molecular formula is C20H18F5N3O4. The largest absolute Gasteiger partial charge is 0.477 e. The van der Waals surface area contributed by atoms with Crippen molar-refractivity contribution >= 4 is 28.5 Å². The summed E-state index contributed by atoms with van der Waals surface area (Å²) in [5.74, 6) is -5.84. The van der Waals surface area contributed by atoms with E-state index in [2.05, 4.69) is 0 Å². The zero-order chi connectivity index (χ0) is 23.7. The van der Waals surface area contributed by atoms with Gasteiger partial charge in [-0.05, 0) is 25.8 Å². The maximum atomic E-state index is 15.5. The van der Waals surface area contributed by atoms with Gasteiger partial charge in [0.1, 0.15) is 17.1 Å². The summed E-state index contributed by atoms with van der Waals surface area (Å²) in [6.45, 7) is 0.820. The van der Waals surface area contributed by atoms with Gasteiger partial charge in [-0.3, -0.25) is 9.59 Å². The molecule has 0 unspecified atom stereocenters. The van der Waals surface area contributed by atoms with Gasteiger partial charge in [0.15, 0.2) is 5.82 Å². The van der Waals surface area contributed by atoms with E-state index in [9.17, 15) is 37.1 Å². The highest BCUT2D eigenvalue weighted by Crippen LogP contribution is 2.42. The number of carboxylic acid groups (broad SMARTS) is 1. The quantitative estimate of drug-likeness (QED) is 0.712. The molecule has 0 bridgehead atoms. The van der Waals surface area contributed by atoms with E-state index in [0.717, 1.165) is 24.2 Å². The number of hydrogen-bond acceptors (Lipinski definition) is 4. The van der Waals surface area contributed by atoms with Crippen molar-refractivity contribution in [2.75, 3.05) is 25.0 Å². The Morgan fingerprint density at radius 3 is 2.31 bits per heavy atom. The molecule has 2 aromatic rings. The van der Waals surface area contributed by atoms with E-state index in [4.69, 9.17) is 0 Å². The van der Waals surface area contributed by atoms with Crippen LogP contribution in [0.3, 0.4) is 0 Å². The van der Waals surface area contributed by atoms with Crippen molar-refractivity contribution in [3.8, 4) is 0 Å². The molecule has 0 spiro atoms. The molecule has 1 aromatic heterocycles. The Hall–Kier alpha value is -3.18. The highest BCUT2D eigenvalue weighted by atomic mass is 19.4. The number of carbonyl (C=O) groups is 2. The first-order valence-electron chi connectivity index (χ1n) is 9.66. The molecule has 1 aliphatic carbocycles. The SMILES string of the molecule is CN(C(=O)C(F)(F)F)C1(C)CN(c2c(F)cc3c(=O)c(C(=O)O)cn(C4CC4)c3c2F)C1. The minimum atomic E-state index is -5.08. The molecule has 1 saturated carbocycles. The third kappa shape index (κ3) is 3.28. The van der Waals surface area contributed by atoms with Crippen LogP contribution in [0.4, 0.5) is 27.6 Å². The fourth-order valence-corrected chi connectivity index (χ4v) is 4.10. The number of nitrogens with zero attached hydrogens (tertiary/aromatic N) is 3. The summed E-state index contributed by atoms with van der Waals surface area (Å²) in [6, 6.07) is 0.503. The number of halogens is 5. The minimum Gasteiger partial charge on any atom is -0.477 e. The molecule has 12 heteroatoms. The van der Waals surface area contributed by atoms with Crippen molar-refractivity contribution in [1.82, 2.24) is 9.47 Å². The first kappa shape index (κ1) is 22.0. The van der Waals surface area contributed by atoms with Gasteiger partial charge in [-0.2, -0.15) is 13.2 Å². The number of aromatic nitrogens is 1. The summed E-state index contributed by atoms with van der Waals surface area (Å²) < 4.78 is 70.0. The molecule has 1 saturated heterocycles. The van der Waals surface area contributed by atoms with E-state index in [0.29, 0.717) is 17.7 Å². The van der Waals surface area contributed by atoms with Crippen LogP contribution in [0.25, 0.3) is 10.9 Å². The zero-order valence-corrected chi connectivity index (χ0v) is 17.0. The molecule has 7 nitrogen and oxygen atoms in total. The Morgan fingerprint density at radius 2 is 1.81 bits per heavy atom. The number of anilines is 1. The number of pyridine rings is 1. The smallest absolute Gasteiger partial charge is 0.471 e. The van der Waals surface area contributed by atoms with Gasteiger partial charge in [-0.1, -0.05) is 0 Å². The Balaban J connectivity index is 1.77. The van der Waals surface area contributed by atoms with Crippen molar-refractivity contribution < 1.29 is 36.6 Å². The van der Waals surface area contributed by atoms with E-state index < -0.39 is 57.3 Å². The summed E-state index contributed by atoms with van der Waals surface area (Å²) >= 11 is 0. The van der Waals surface area contributed by atoms with Crippen molar-refractivity contribution in [1.29, 1.82) is 0 Å². The standard InChI is InChI=1S/C20H18F5N3O4/c1-19(26(2)18(32)20(23,24)25)7-27(8-19)15-12(21)5-10-14(13(15)22)28(9-3-4-9)6-11(16(10)29)17(30)31/h5-6,9H,3-4,7-8H2,1-2H3,(H,30,31). The second-order valence-corrected chi connectivity index (χ2v) is 8.45. The van der Waals surface area contributed by atoms with Crippen molar-refractivity contribution in [3.63, 3.8) is 0 Å². The normalized spacial score (nSPS) is 17.9. The summed E-state index contributed by atoms with van der Waals surface area (Å²) in [6.07, 6.45) is -2.81. The molecular weight excluding hydrogens is 441 g/mol. The molecule has 172 valence electrons. The molecule has 0 radical (unpaired) electrons. The zero-order valence-electron chi connectivity index (χ0n) is 17.0. The van der Waals surface area contributed by atoms with Crippen LogP contribution in [0.5, 0.6) is 0 Å². The third-order valence-corrected chi connectivity index (χ3v) is 6.09. The third-order valence-electron chi connectivity index (χ3n) is 6.09. The van der Waals surface area contributed by atoms with Gasteiger partial charge in [0.2, 0.25) is 5.43 Å². The van der Waals surface area contributed by atoms with Crippen molar-refractivity contribution in [2.45, 2.75) is 37.5 Å². The van der Waals surface area contributed by atoms with Crippen LogP contribution in [0.2, 0.25) is 0 Å². The number of aromatic carboxylic acids is 1. The van der Waals surface area contributed by atoms with Crippen LogP contribution in [0.1, 0.15) is 36.2 Å². The number of carbonyl (C=O) groups excluding carboxylic acids is 1. The predicted molar refractivity (Wildman–Crippen MR) is 103 cm³/mol. The second kappa shape index (κ2) is 6.91. The van der Waals surface area contributed by atoms with E-state index in [1.54, 1.807) is 0 Å². The van der Waals surface area contributed by atoms with E-state index in [1.807, 2.05) is 0 Å². The first-order chi connectivity index (χ1) is 14.8. The molecule has 1 aliphatic heterocycles. The molecule has 1 aromatic carbocycles. The van der Waals surface area contributed by atoms with E-state index in [1.165, 1.54) is 11.5 Å². The van der Waals surface area contributed by atoms with Gasteiger partial charge in [-0.15, -0.1) is 0 Å². The van der Waals surface area contributed by atoms with Gasteiger partial charge in [0.05, 0.1) is 16.4 Å². The van der Waals surface area contributed by atoms with Crippen molar-refractivity contribution in [2.24, 2.45) is 0 Å². The predicted octanol–water partition coefficient (Wildman–Crippen LogP) is 2.91. The highest BCUT2D eigenvalue weighted by Gasteiger charge is 2.52. The van der Waals surface area contributed by atoms with Crippen LogP contribution in [-0.4, -0.2) is 58.3 Å². The Bertz CT molecular complexity index is 1210. The Morgan fingerprint density at radius 1 is 1.22 bits per heavy atom. The number of fused-ring (bicyclic) bond motifs is 1. The number of benzene rings is 1. The summed E-state index contributed by atoms with van der Waals surface area (Å²) in [4.78, 5) is 37.1. The lowest BCUT2D eigenvalue weighted by Gasteiger charge is -2.53. The highest BCUT2D eigenvalue weighted by molar-refractivity contribution is 5.94.